The first-order valence-electron chi connectivity index (χ1n) is 6.62. The van der Waals surface area contributed by atoms with Crippen LogP contribution in [0.3, 0.4) is 0 Å². The summed E-state index contributed by atoms with van der Waals surface area (Å²) >= 11 is 0. The zero-order chi connectivity index (χ0) is 13.7. The lowest BCUT2D eigenvalue weighted by molar-refractivity contribution is -0.164. The van der Waals surface area contributed by atoms with Crippen molar-refractivity contribution in [2.75, 3.05) is 13.2 Å². The molecule has 17 heavy (non-hydrogen) atoms. The molecular weight excluding hydrogens is 214 g/mol. The minimum Gasteiger partial charge on any atom is -0.373 e. The van der Waals surface area contributed by atoms with Gasteiger partial charge >= 0.3 is 0 Å². The standard InChI is InChI=1S/C14H31NO2/c1-11(2)8-9-16-14(6,7)12(3)17-13(4,5)10-15/h11-12H,8-10,15H2,1-7H3/t12-/m1/s1. The van der Waals surface area contributed by atoms with E-state index in [0.29, 0.717) is 12.5 Å². The van der Waals surface area contributed by atoms with Crippen molar-refractivity contribution in [2.24, 2.45) is 11.7 Å². The molecule has 0 saturated carbocycles. The van der Waals surface area contributed by atoms with Crippen LogP contribution in [0.15, 0.2) is 0 Å². The van der Waals surface area contributed by atoms with Crippen LogP contribution < -0.4 is 5.73 Å². The highest BCUT2D eigenvalue weighted by Gasteiger charge is 2.32. The summed E-state index contributed by atoms with van der Waals surface area (Å²) in [6.07, 6.45) is 1.10. The van der Waals surface area contributed by atoms with Gasteiger partial charge in [0.25, 0.3) is 0 Å². The zero-order valence-electron chi connectivity index (χ0n) is 12.7. The first-order valence-corrected chi connectivity index (χ1v) is 6.62. The van der Waals surface area contributed by atoms with Crippen molar-refractivity contribution in [2.45, 2.75) is 72.2 Å². The fraction of sp³-hybridized carbons (Fsp3) is 1.00. The third-order valence-electron chi connectivity index (χ3n) is 3.14. The largest absolute Gasteiger partial charge is 0.373 e. The van der Waals surface area contributed by atoms with Crippen molar-refractivity contribution in [1.29, 1.82) is 0 Å². The van der Waals surface area contributed by atoms with E-state index in [4.69, 9.17) is 15.2 Å². The predicted octanol–water partition coefficient (Wildman–Crippen LogP) is 2.97. The summed E-state index contributed by atoms with van der Waals surface area (Å²) in [6.45, 7) is 15.9. The van der Waals surface area contributed by atoms with Gasteiger partial charge in [0.2, 0.25) is 0 Å². The van der Waals surface area contributed by atoms with Gasteiger partial charge < -0.3 is 15.2 Å². The van der Waals surface area contributed by atoms with E-state index in [-0.39, 0.29) is 17.3 Å². The molecule has 0 aliphatic heterocycles. The second-order valence-corrected chi connectivity index (χ2v) is 6.36. The maximum atomic E-state index is 5.96. The van der Waals surface area contributed by atoms with Crippen molar-refractivity contribution >= 4 is 0 Å². The van der Waals surface area contributed by atoms with E-state index >= 15 is 0 Å². The Morgan fingerprint density at radius 3 is 2.00 bits per heavy atom. The zero-order valence-corrected chi connectivity index (χ0v) is 12.7. The number of hydrogen-bond acceptors (Lipinski definition) is 3. The molecule has 0 amide bonds. The minimum absolute atomic E-state index is 0.0215. The summed E-state index contributed by atoms with van der Waals surface area (Å²) in [6, 6.07) is 0. The summed E-state index contributed by atoms with van der Waals surface area (Å²) in [5.41, 5.74) is 5.10. The van der Waals surface area contributed by atoms with Crippen molar-refractivity contribution in [3.63, 3.8) is 0 Å². The van der Waals surface area contributed by atoms with Crippen LogP contribution in [0.5, 0.6) is 0 Å². The molecule has 0 aromatic carbocycles. The molecule has 0 aliphatic carbocycles. The molecule has 0 heterocycles. The van der Waals surface area contributed by atoms with Crippen LogP contribution in [0.2, 0.25) is 0 Å². The monoisotopic (exact) mass is 245 g/mol. The number of ether oxygens (including phenoxy) is 2. The van der Waals surface area contributed by atoms with Crippen molar-refractivity contribution in [1.82, 2.24) is 0 Å². The lowest BCUT2D eigenvalue weighted by atomic mass is 10.0. The topological polar surface area (TPSA) is 44.5 Å². The lowest BCUT2D eigenvalue weighted by Crippen LogP contribution is -2.46. The normalized spacial score (nSPS) is 15.4. The molecule has 2 N–H and O–H groups in total. The predicted molar refractivity (Wildman–Crippen MR) is 73.2 cm³/mol. The molecule has 3 nitrogen and oxygen atoms in total. The lowest BCUT2D eigenvalue weighted by Gasteiger charge is -2.37. The Hall–Kier alpha value is -0.120. The van der Waals surface area contributed by atoms with Gasteiger partial charge in [-0.25, -0.2) is 0 Å². The van der Waals surface area contributed by atoms with Gasteiger partial charge in [0.15, 0.2) is 0 Å². The fourth-order valence-electron chi connectivity index (χ4n) is 1.34. The molecule has 0 aliphatic rings. The number of rotatable bonds is 8. The van der Waals surface area contributed by atoms with Crippen molar-refractivity contribution in [3.05, 3.63) is 0 Å². The van der Waals surface area contributed by atoms with Gasteiger partial charge in [-0.1, -0.05) is 13.8 Å². The second kappa shape index (κ2) is 6.72. The molecule has 0 unspecified atom stereocenters. The Morgan fingerprint density at radius 1 is 1.06 bits per heavy atom. The minimum atomic E-state index is -0.294. The van der Waals surface area contributed by atoms with Gasteiger partial charge in [0, 0.05) is 13.2 Å². The Kier molecular flexibility index (Phi) is 6.67. The van der Waals surface area contributed by atoms with Crippen LogP contribution >= 0.6 is 0 Å². The average molecular weight is 245 g/mol. The van der Waals surface area contributed by atoms with Gasteiger partial charge in [-0.3, -0.25) is 0 Å². The van der Waals surface area contributed by atoms with Crippen LogP contribution in [-0.4, -0.2) is 30.5 Å². The van der Waals surface area contributed by atoms with Gasteiger partial charge in [-0.15, -0.1) is 0 Å². The van der Waals surface area contributed by atoms with E-state index in [9.17, 15) is 0 Å². The van der Waals surface area contributed by atoms with Crippen molar-refractivity contribution in [3.8, 4) is 0 Å². The summed E-state index contributed by atoms with van der Waals surface area (Å²) in [5.74, 6) is 0.669. The highest BCUT2D eigenvalue weighted by atomic mass is 16.6. The highest BCUT2D eigenvalue weighted by molar-refractivity contribution is 4.81. The first-order chi connectivity index (χ1) is 7.60. The summed E-state index contributed by atoms with van der Waals surface area (Å²) < 4.78 is 11.9. The van der Waals surface area contributed by atoms with Crippen LogP contribution in [-0.2, 0) is 9.47 Å². The van der Waals surface area contributed by atoms with Crippen molar-refractivity contribution < 1.29 is 9.47 Å². The van der Waals surface area contributed by atoms with E-state index in [2.05, 4.69) is 27.7 Å². The Morgan fingerprint density at radius 2 is 1.59 bits per heavy atom. The molecule has 3 heteroatoms. The molecular formula is C14H31NO2. The maximum Gasteiger partial charge on any atom is 0.0884 e. The Bertz CT molecular complexity index is 212. The van der Waals surface area contributed by atoms with E-state index in [1.807, 2.05) is 20.8 Å². The number of nitrogens with two attached hydrogens (primary N) is 1. The maximum absolute atomic E-state index is 5.96. The van der Waals surface area contributed by atoms with Gasteiger partial charge in [-0.05, 0) is 47.0 Å². The van der Waals surface area contributed by atoms with E-state index in [1.165, 1.54) is 0 Å². The van der Waals surface area contributed by atoms with Crippen LogP contribution in [0.25, 0.3) is 0 Å². The quantitative estimate of drug-likeness (QED) is 0.715. The summed E-state index contributed by atoms with van der Waals surface area (Å²) in [7, 11) is 0. The third kappa shape index (κ3) is 7.02. The van der Waals surface area contributed by atoms with Gasteiger partial charge in [0.1, 0.15) is 0 Å². The van der Waals surface area contributed by atoms with E-state index in [1.54, 1.807) is 0 Å². The molecule has 0 rings (SSSR count). The molecule has 1 atom stereocenters. The molecule has 0 fully saturated rings. The molecule has 0 saturated heterocycles. The molecule has 0 radical (unpaired) electrons. The van der Waals surface area contributed by atoms with Crippen LogP contribution in [0, 0.1) is 5.92 Å². The van der Waals surface area contributed by atoms with Gasteiger partial charge in [0.05, 0.1) is 17.3 Å². The summed E-state index contributed by atoms with van der Waals surface area (Å²) in [5, 5.41) is 0. The van der Waals surface area contributed by atoms with E-state index in [0.717, 1.165) is 13.0 Å². The van der Waals surface area contributed by atoms with Crippen LogP contribution in [0.4, 0.5) is 0 Å². The molecule has 0 aromatic rings. The molecule has 104 valence electrons. The SMILES string of the molecule is CC(C)CCOC(C)(C)[C@@H](C)OC(C)(C)CN. The highest BCUT2D eigenvalue weighted by Crippen LogP contribution is 2.23. The second-order valence-electron chi connectivity index (χ2n) is 6.36. The Balaban J connectivity index is 4.19. The average Bonchev–Trinajstić information content (AvgIpc) is 2.16. The van der Waals surface area contributed by atoms with Crippen LogP contribution in [0.1, 0.15) is 54.9 Å². The molecule has 0 spiro atoms. The molecule has 0 bridgehead atoms. The fourth-order valence-corrected chi connectivity index (χ4v) is 1.34. The summed E-state index contributed by atoms with van der Waals surface area (Å²) in [4.78, 5) is 0. The van der Waals surface area contributed by atoms with E-state index < -0.39 is 0 Å². The number of hydrogen-bond donors (Lipinski definition) is 1. The first kappa shape index (κ1) is 16.9. The van der Waals surface area contributed by atoms with Gasteiger partial charge in [-0.2, -0.15) is 0 Å². The third-order valence-corrected chi connectivity index (χ3v) is 3.14. The Labute approximate surface area is 107 Å². The smallest absolute Gasteiger partial charge is 0.0884 e. The molecule has 0 aromatic heterocycles.